The zero-order valence-corrected chi connectivity index (χ0v) is 21.1. The highest BCUT2D eigenvalue weighted by atomic mass is 16.6. The van der Waals surface area contributed by atoms with Gasteiger partial charge in [0.25, 0.3) is 0 Å². The van der Waals surface area contributed by atoms with Gasteiger partial charge in [-0.1, -0.05) is 48.5 Å². The Morgan fingerprint density at radius 3 is 2.37 bits per heavy atom. The van der Waals surface area contributed by atoms with E-state index in [4.69, 9.17) is 15.2 Å². The Bertz CT molecular complexity index is 1270. The van der Waals surface area contributed by atoms with Crippen LogP contribution in [-0.4, -0.2) is 89.2 Å². The van der Waals surface area contributed by atoms with Crippen molar-refractivity contribution in [1.29, 1.82) is 0 Å². The maximum Gasteiger partial charge on any atom is 0.410 e. The van der Waals surface area contributed by atoms with E-state index in [0.717, 1.165) is 22.3 Å². The number of primary amides is 1. The van der Waals surface area contributed by atoms with Gasteiger partial charge in [-0.3, -0.25) is 24.2 Å². The van der Waals surface area contributed by atoms with E-state index in [1.165, 1.54) is 14.7 Å². The van der Waals surface area contributed by atoms with Crippen molar-refractivity contribution >= 4 is 23.8 Å². The topological polar surface area (TPSA) is 122 Å². The molecule has 3 fully saturated rings. The van der Waals surface area contributed by atoms with Crippen LogP contribution in [0.5, 0.6) is 0 Å². The lowest BCUT2D eigenvalue weighted by atomic mass is 9.98. The first kappa shape index (κ1) is 24.4. The van der Waals surface area contributed by atoms with E-state index in [0.29, 0.717) is 19.4 Å². The average molecular weight is 519 g/mol. The quantitative estimate of drug-likeness (QED) is 0.643. The molecule has 6 rings (SSSR count). The first-order valence-electron chi connectivity index (χ1n) is 13.0. The number of hydrogen-bond acceptors (Lipinski definition) is 6. The summed E-state index contributed by atoms with van der Waals surface area (Å²) in [7, 11) is 0. The van der Waals surface area contributed by atoms with Crippen molar-refractivity contribution in [1.82, 2.24) is 14.7 Å². The molecule has 2 aromatic carbocycles. The first-order valence-corrected chi connectivity index (χ1v) is 13.0. The van der Waals surface area contributed by atoms with E-state index in [1.807, 2.05) is 24.3 Å². The van der Waals surface area contributed by atoms with Gasteiger partial charge in [-0.05, 0) is 42.0 Å². The van der Waals surface area contributed by atoms with E-state index in [2.05, 4.69) is 24.3 Å². The van der Waals surface area contributed by atoms with E-state index < -0.39 is 36.4 Å². The minimum Gasteiger partial charge on any atom is -0.448 e. The van der Waals surface area contributed by atoms with Crippen molar-refractivity contribution in [3.05, 3.63) is 59.7 Å². The predicted octanol–water partition coefficient (Wildman–Crippen LogP) is 1.67. The number of benzene rings is 2. The molecule has 4 atom stereocenters. The molecule has 3 heterocycles. The number of rotatable bonds is 5. The van der Waals surface area contributed by atoms with Crippen LogP contribution in [0, 0.1) is 0 Å². The molecule has 10 heteroatoms. The maximum absolute atomic E-state index is 13.7. The first-order chi connectivity index (χ1) is 18.3. The third-order valence-electron chi connectivity index (χ3n) is 8.08. The minimum absolute atomic E-state index is 0.0615. The van der Waals surface area contributed by atoms with Crippen LogP contribution < -0.4 is 5.73 Å². The van der Waals surface area contributed by atoms with Crippen LogP contribution in [0.1, 0.15) is 36.8 Å². The summed E-state index contributed by atoms with van der Waals surface area (Å²) in [6.45, 7) is 2.13. The van der Waals surface area contributed by atoms with Gasteiger partial charge in [0.05, 0.1) is 19.2 Å². The number of likely N-dealkylation sites (tertiary alicyclic amines) is 1. The van der Waals surface area contributed by atoms with Crippen LogP contribution in [0.25, 0.3) is 11.1 Å². The van der Waals surface area contributed by atoms with Crippen molar-refractivity contribution in [2.45, 2.75) is 50.1 Å². The monoisotopic (exact) mass is 518 g/mol. The molecule has 38 heavy (non-hydrogen) atoms. The number of nitrogens with zero attached hydrogens (tertiary/aromatic N) is 3. The van der Waals surface area contributed by atoms with Gasteiger partial charge in [-0.25, -0.2) is 4.79 Å². The molecule has 0 aromatic heterocycles. The lowest BCUT2D eigenvalue weighted by Crippen LogP contribution is -2.64. The summed E-state index contributed by atoms with van der Waals surface area (Å²) in [5.74, 6) is -1.40. The van der Waals surface area contributed by atoms with Gasteiger partial charge in [0.2, 0.25) is 17.7 Å². The third kappa shape index (κ3) is 3.91. The van der Waals surface area contributed by atoms with Crippen molar-refractivity contribution in [2.75, 3.05) is 26.2 Å². The smallest absolute Gasteiger partial charge is 0.410 e. The molecule has 3 saturated heterocycles. The molecule has 2 bridgehead atoms. The lowest BCUT2D eigenvalue weighted by Gasteiger charge is -2.40. The van der Waals surface area contributed by atoms with Crippen molar-refractivity contribution in [3.8, 4) is 11.1 Å². The van der Waals surface area contributed by atoms with Crippen molar-refractivity contribution in [3.63, 3.8) is 0 Å². The van der Waals surface area contributed by atoms with E-state index >= 15 is 0 Å². The predicted molar refractivity (Wildman–Crippen MR) is 136 cm³/mol. The summed E-state index contributed by atoms with van der Waals surface area (Å²) < 4.78 is 11.7. The van der Waals surface area contributed by atoms with Crippen LogP contribution in [0.4, 0.5) is 4.79 Å². The largest absolute Gasteiger partial charge is 0.448 e. The molecule has 0 radical (unpaired) electrons. The molecule has 198 valence electrons. The fraction of sp³-hybridized carbons (Fsp3) is 0.429. The molecule has 4 amide bonds. The number of carbonyl (C=O) groups excluding carboxylic acids is 4. The van der Waals surface area contributed by atoms with Gasteiger partial charge in [0.1, 0.15) is 18.7 Å². The second-order valence-electron chi connectivity index (χ2n) is 10.3. The Morgan fingerprint density at radius 1 is 1.05 bits per heavy atom. The second-order valence-corrected chi connectivity index (χ2v) is 10.3. The van der Waals surface area contributed by atoms with E-state index in [9.17, 15) is 19.2 Å². The van der Waals surface area contributed by atoms with E-state index in [1.54, 1.807) is 6.92 Å². The van der Waals surface area contributed by atoms with Crippen LogP contribution in [-0.2, 0) is 23.9 Å². The summed E-state index contributed by atoms with van der Waals surface area (Å²) in [5.41, 5.74) is 9.81. The molecule has 2 aromatic rings. The summed E-state index contributed by atoms with van der Waals surface area (Å²) in [6.07, 6.45) is -0.625. The van der Waals surface area contributed by atoms with Crippen LogP contribution in [0.2, 0.25) is 0 Å². The number of hydrogen-bond donors (Lipinski definition) is 1. The highest BCUT2D eigenvalue weighted by molar-refractivity contribution is 5.95. The van der Waals surface area contributed by atoms with Gasteiger partial charge in [0.15, 0.2) is 6.23 Å². The number of ether oxygens (including phenoxy) is 2. The zero-order valence-electron chi connectivity index (χ0n) is 21.1. The fourth-order valence-corrected chi connectivity index (χ4v) is 6.41. The van der Waals surface area contributed by atoms with Crippen molar-refractivity contribution in [2.24, 2.45) is 5.73 Å². The lowest BCUT2D eigenvalue weighted by molar-refractivity contribution is -0.158. The molecule has 0 spiro atoms. The normalized spacial score (nSPS) is 25.9. The zero-order chi connectivity index (χ0) is 26.6. The van der Waals surface area contributed by atoms with Gasteiger partial charge in [0, 0.05) is 12.5 Å². The van der Waals surface area contributed by atoms with Crippen LogP contribution in [0.15, 0.2) is 48.5 Å². The minimum atomic E-state index is -0.856. The molecule has 3 aliphatic heterocycles. The van der Waals surface area contributed by atoms with Crippen LogP contribution in [0.3, 0.4) is 0 Å². The molecule has 0 unspecified atom stereocenters. The van der Waals surface area contributed by atoms with Gasteiger partial charge < -0.3 is 20.1 Å². The summed E-state index contributed by atoms with van der Waals surface area (Å²) in [5, 5.41) is 0. The Labute approximate surface area is 220 Å². The van der Waals surface area contributed by atoms with Gasteiger partial charge in [-0.2, -0.15) is 0 Å². The molecule has 2 N–H and O–H groups in total. The molecule has 1 aliphatic carbocycles. The molecular weight excluding hydrogens is 488 g/mol. The Hall–Kier alpha value is -3.92. The second kappa shape index (κ2) is 9.43. The Morgan fingerprint density at radius 2 is 1.71 bits per heavy atom. The number of fused-ring (bicyclic) bond motifs is 5. The molecular formula is C28H30N4O6. The number of carbonyl (C=O) groups is 4. The average Bonchev–Trinajstić information content (AvgIpc) is 3.58. The molecule has 10 nitrogen and oxygen atoms in total. The summed E-state index contributed by atoms with van der Waals surface area (Å²) in [4.78, 5) is 55.7. The van der Waals surface area contributed by atoms with Gasteiger partial charge >= 0.3 is 6.09 Å². The summed E-state index contributed by atoms with van der Waals surface area (Å²) >= 11 is 0. The molecule has 0 saturated carbocycles. The third-order valence-corrected chi connectivity index (χ3v) is 8.08. The molecule has 4 aliphatic rings. The SMILES string of the molecule is C[C@H]1O[C@H]2CN(CC(N)=O)C(=O)[C@H]1N2C(=O)[C@@H]1CCCN1C(=O)OCC1c2ccccc2-c2ccccc21. The summed E-state index contributed by atoms with van der Waals surface area (Å²) in [6, 6.07) is 14.6. The number of piperazine rings is 1. The van der Waals surface area contributed by atoms with E-state index in [-0.39, 0.29) is 37.4 Å². The standard InChI is InChI=1S/C28H30N4O6/c1-16-25-27(35)30(13-23(29)33)14-24(38-16)32(25)26(34)22-11-6-12-31(22)28(36)37-15-21-19-9-4-2-7-17(19)18-8-3-5-10-20(18)21/h2-5,7-10,16,21-22,24-25H,6,11-15H2,1H3,(H2,29,33)/t16-,22+,24+,25+/m1/s1. The van der Waals surface area contributed by atoms with Crippen molar-refractivity contribution < 1.29 is 28.7 Å². The Kier molecular flexibility index (Phi) is 6.06. The highest BCUT2D eigenvalue weighted by Crippen LogP contribution is 2.44. The highest BCUT2D eigenvalue weighted by Gasteiger charge is 2.55. The Balaban J connectivity index is 1.16. The fourth-order valence-electron chi connectivity index (χ4n) is 6.41. The van der Waals surface area contributed by atoms with Gasteiger partial charge in [-0.15, -0.1) is 0 Å². The number of amides is 4. The maximum atomic E-state index is 13.7. The van der Waals surface area contributed by atoms with Crippen LogP contribution >= 0.6 is 0 Å². The number of nitrogens with two attached hydrogens (primary N) is 1.